The molecule has 0 amide bonds. The largest absolute Gasteiger partial charge is 0.627 e. The van der Waals surface area contributed by atoms with Gasteiger partial charge in [-0.3, -0.25) is 9.55 Å². The number of hydroxylamine groups is 3. The first-order valence-electron chi connectivity index (χ1n) is 11.6. The van der Waals surface area contributed by atoms with Crippen LogP contribution in [0.25, 0.3) is 0 Å². The topological polar surface area (TPSA) is 80.4 Å². The van der Waals surface area contributed by atoms with Gasteiger partial charge in [-0.05, 0) is 23.9 Å². The van der Waals surface area contributed by atoms with Crippen LogP contribution in [0.4, 0.5) is 5.69 Å². The first-order valence-corrected chi connectivity index (χ1v) is 12.6. The first kappa shape index (κ1) is 22.6. The predicted octanol–water partition coefficient (Wildman–Crippen LogP) is 2.76. The standard InChI is InChI=1S/C23H32N5O4S/c1-31-19-7-4-3-6-18(19)26-13-11-25(12-14-26)10-9-21-27(29)22-16-23(17-33-22)20(24-32-2)8-5-15-28(21,23)30/h3-4,6-7,16,21H,5,8-15,17H2,1-2H3/q+1. The molecule has 0 radical (unpaired) electrons. The van der Waals surface area contributed by atoms with Gasteiger partial charge in [-0.2, -0.15) is 0 Å². The third-order valence-corrected chi connectivity index (χ3v) is 8.73. The van der Waals surface area contributed by atoms with Crippen molar-refractivity contribution in [2.24, 2.45) is 5.16 Å². The number of methoxy groups -OCH3 is 1. The smallest absolute Gasteiger partial charge is 0.335 e. The molecule has 9 nitrogen and oxygen atoms in total. The summed E-state index contributed by atoms with van der Waals surface area (Å²) in [6.45, 7) is 4.73. The summed E-state index contributed by atoms with van der Waals surface area (Å²) >= 11 is 1.48. The lowest BCUT2D eigenvalue weighted by Gasteiger charge is -2.57. The Bertz CT molecular complexity index is 979. The number of hydrogen-bond acceptors (Lipinski definition) is 8. The maximum absolute atomic E-state index is 14.4. The van der Waals surface area contributed by atoms with E-state index in [-0.39, 0.29) is 0 Å². The van der Waals surface area contributed by atoms with E-state index in [4.69, 9.17) is 9.57 Å². The Morgan fingerprint density at radius 3 is 2.82 bits per heavy atom. The van der Waals surface area contributed by atoms with E-state index in [1.165, 1.54) is 18.9 Å². The van der Waals surface area contributed by atoms with E-state index in [2.05, 4.69) is 21.0 Å². The highest BCUT2D eigenvalue weighted by molar-refractivity contribution is 8.03. The van der Waals surface area contributed by atoms with Gasteiger partial charge in [0.15, 0.2) is 5.54 Å². The zero-order valence-corrected chi connectivity index (χ0v) is 20.1. The van der Waals surface area contributed by atoms with Gasteiger partial charge < -0.3 is 19.7 Å². The minimum absolute atomic E-state index is 0.443. The maximum atomic E-state index is 14.4. The van der Waals surface area contributed by atoms with Crippen LogP contribution >= 0.6 is 11.8 Å². The van der Waals surface area contributed by atoms with Crippen molar-refractivity contribution in [2.75, 3.05) is 64.1 Å². The fourth-order valence-corrected chi connectivity index (χ4v) is 7.16. The van der Waals surface area contributed by atoms with Crippen LogP contribution < -0.4 is 9.64 Å². The summed E-state index contributed by atoms with van der Waals surface area (Å²) in [5, 5.41) is 19.3. The Kier molecular flexibility index (Phi) is 6.11. The number of para-hydroxylation sites is 2. The molecule has 33 heavy (non-hydrogen) atoms. The van der Waals surface area contributed by atoms with Gasteiger partial charge in [0.2, 0.25) is 0 Å². The molecule has 2 saturated heterocycles. The Morgan fingerprint density at radius 1 is 1.27 bits per heavy atom. The molecule has 2 fully saturated rings. The monoisotopic (exact) mass is 474 g/mol. The van der Waals surface area contributed by atoms with Crippen LogP contribution in [0.5, 0.6) is 5.75 Å². The lowest BCUT2D eigenvalue weighted by Crippen LogP contribution is -2.74. The summed E-state index contributed by atoms with van der Waals surface area (Å²) in [6.07, 6.45) is 3.24. The first-order chi connectivity index (χ1) is 16.0. The number of benzene rings is 1. The maximum Gasteiger partial charge on any atom is 0.335 e. The lowest BCUT2D eigenvalue weighted by atomic mass is 9.83. The van der Waals surface area contributed by atoms with Gasteiger partial charge in [-0.25, -0.2) is 0 Å². The summed E-state index contributed by atoms with van der Waals surface area (Å²) in [6, 6.07) is 8.09. The summed E-state index contributed by atoms with van der Waals surface area (Å²) in [4.78, 5) is 23.0. The number of anilines is 1. The highest BCUT2D eigenvalue weighted by atomic mass is 32.2. The average molecular weight is 475 g/mol. The van der Waals surface area contributed by atoms with E-state index in [1.54, 1.807) is 7.11 Å². The Labute approximate surface area is 198 Å². The highest BCUT2D eigenvalue weighted by Crippen LogP contribution is 2.51. The quantitative estimate of drug-likeness (QED) is 0.271. The molecule has 4 aliphatic heterocycles. The molecule has 1 spiro atoms. The second kappa shape index (κ2) is 8.90. The zero-order chi connectivity index (χ0) is 23.1. The second-order valence-electron chi connectivity index (χ2n) is 9.13. The molecule has 0 N–H and O–H groups in total. The second-order valence-corrected chi connectivity index (χ2v) is 10.1. The number of ether oxygens (including phenoxy) is 1. The van der Waals surface area contributed by atoms with Crippen LogP contribution in [0.2, 0.25) is 0 Å². The number of thioether (sulfide) groups is 1. The molecule has 10 heteroatoms. The molecular weight excluding hydrogens is 442 g/mol. The van der Waals surface area contributed by atoms with Crippen molar-refractivity contribution in [1.82, 2.24) is 4.90 Å². The minimum Gasteiger partial charge on any atom is -0.627 e. The molecular formula is C23H32N5O4S+. The number of hydrogen-bond donors (Lipinski definition) is 0. The Morgan fingerprint density at radius 2 is 2.06 bits per heavy atom. The van der Waals surface area contributed by atoms with Crippen molar-refractivity contribution in [3.63, 3.8) is 0 Å². The number of oxime groups is 1. The third-order valence-electron chi connectivity index (χ3n) is 7.55. The van der Waals surface area contributed by atoms with Crippen LogP contribution in [0.3, 0.4) is 0 Å². The van der Waals surface area contributed by atoms with Crippen molar-refractivity contribution < 1.29 is 19.0 Å². The van der Waals surface area contributed by atoms with Crippen molar-refractivity contribution in [3.05, 3.63) is 45.5 Å². The van der Waals surface area contributed by atoms with Gasteiger partial charge in [-0.15, -0.1) is 0 Å². The van der Waals surface area contributed by atoms with Crippen LogP contribution in [0.1, 0.15) is 19.3 Å². The molecule has 3 atom stereocenters. The van der Waals surface area contributed by atoms with Crippen LogP contribution in [-0.4, -0.2) is 91.0 Å². The van der Waals surface area contributed by atoms with Crippen molar-refractivity contribution in [1.29, 1.82) is 0 Å². The number of piperidine rings is 1. The number of rotatable bonds is 6. The van der Waals surface area contributed by atoms with Crippen LogP contribution in [0.15, 0.2) is 40.5 Å². The zero-order valence-electron chi connectivity index (χ0n) is 19.3. The molecule has 4 heterocycles. The SMILES string of the molecule is CON=C1CCC[N+]2([O-])C(CCN3CCN(c4ccccc4OC)CC3)[N+](=O)C3=CC12CS3. The van der Waals surface area contributed by atoms with E-state index < -0.39 is 16.4 Å². The van der Waals surface area contributed by atoms with Crippen molar-refractivity contribution in [3.8, 4) is 5.75 Å². The minimum atomic E-state index is -0.762. The molecule has 4 aliphatic rings. The summed E-state index contributed by atoms with van der Waals surface area (Å²) in [7, 11) is 3.22. The van der Waals surface area contributed by atoms with E-state index in [1.807, 2.05) is 24.3 Å². The van der Waals surface area contributed by atoms with Crippen molar-refractivity contribution >= 4 is 23.2 Å². The summed E-state index contributed by atoms with van der Waals surface area (Å²) < 4.78 is 5.98. The summed E-state index contributed by atoms with van der Waals surface area (Å²) in [5.74, 6) is 1.46. The molecule has 0 aliphatic carbocycles. The van der Waals surface area contributed by atoms with Crippen molar-refractivity contribution in [2.45, 2.75) is 31.0 Å². The molecule has 3 unspecified atom stereocenters. The van der Waals surface area contributed by atoms with Gasteiger partial charge in [0.05, 0.1) is 42.4 Å². The lowest BCUT2D eigenvalue weighted by molar-refractivity contribution is -1.02. The third kappa shape index (κ3) is 3.63. The fraction of sp³-hybridized carbons (Fsp3) is 0.609. The molecule has 0 saturated carbocycles. The molecule has 5 rings (SSSR count). The van der Waals surface area contributed by atoms with Gasteiger partial charge in [0.1, 0.15) is 18.6 Å². The Hall–Kier alpha value is -2.14. The molecule has 178 valence electrons. The van der Waals surface area contributed by atoms with Gasteiger partial charge in [0.25, 0.3) is 5.03 Å². The van der Waals surface area contributed by atoms with Gasteiger partial charge in [-0.1, -0.05) is 17.3 Å². The normalized spacial score (nSPS) is 33.1. The van der Waals surface area contributed by atoms with Gasteiger partial charge >= 0.3 is 6.17 Å². The van der Waals surface area contributed by atoms with E-state index in [0.717, 1.165) is 67.5 Å². The number of nitroso groups, excluding NO2 is 1. The predicted molar refractivity (Wildman–Crippen MR) is 129 cm³/mol. The highest BCUT2D eigenvalue weighted by Gasteiger charge is 2.67. The molecule has 1 aromatic rings. The fourth-order valence-electron chi connectivity index (χ4n) is 5.79. The average Bonchev–Trinajstić information content (AvgIpc) is 3.26. The van der Waals surface area contributed by atoms with Crippen LogP contribution in [-0.2, 0) is 4.84 Å². The van der Waals surface area contributed by atoms with Gasteiger partial charge in [0, 0.05) is 50.5 Å². The molecule has 0 aromatic heterocycles. The number of piperazine rings is 1. The van der Waals surface area contributed by atoms with Crippen LogP contribution in [0, 0.1) is 10.1 Å². The van der Waals surface area contributed by atoms with E-state index in [0.29, 0.717) is 23.7 Å². The van der Waals surface area contributed by atoms with E-state index >= 15 is 0 Å². The number of nitrogens with zero attached hydrogens (tertiary/aromatic N) is 5. The molecule has 1 aromatic carbocycles. The Balaban J connectivity index is 1.27. The van der Waals surface area contributed by atoms with E-state index in [9.17, 15) is 10.1 Å². The molecule has 2 bridgehead atoms. The number of quaternary nitrogens is 1. The summed E-state index contributed by atoms with van der Waals surface area (Å²) in [5.41, 5.74) is 1.14.